The van der Waals surface area contributed by atoms with Crippen LogP contribution in [-0.4, -0.2) is 20.5 Å². The average Bonchev–Trinajstić information content (AvgIpc) is 3.09. The van der Waals surface area contributed by atoms with E-state index in [9.17, 15) is 0 Å². The smallest absolute Gasteiger partial charge is 0.103 e. The van der Waals surface area contributed by atoms with Gasteiger partial charge in [0, 0.05) is 34.2 Å². The van der Waals surface area contributed by atoms with Crippen molar-refractivity contribution in [2.75, 3.05) is 5.94 Å². The molecule has 0 amide bonds. The number of benzene rings is 1. The SMILES string of the molecule is Clc1ccc(SCOC(Cn2ccnc2)c2ccc(Cl)cc2Cl)nc1. The van der Waals surface area contributed by atoms with E-state index in [1.54, 1.807) is 36.9 Å². The van der Waals surface area contributed by atoms with Crippen LogP contribution in [0.2, 0.25) is 15.1 Å². The second-order valence-electron chi connectivity index (χ2n) is 5.16. The quantitative estimate of drug-likeness (QED) is 0.365. The molecule has 4 nitrogen and oxygen atoms in total. The monoisotopic (exact) mass is 413 g/mol. The molecule has 3 aromatic rings. The summed E-state index contributed by atoms with van der Waals surface area (Å²) in [4.78, 5) is 8.31. The number of imidazole rings is 1. The fourth-order valence-corrected chi connectivity index (χ4v) is 3.50. The molecule has 0 spiro atoms. The Balaban J connectivity index is 1.70. The van der Waals surface area contributed by atoms with Gasteiger partial charge in [-0.15, -0.1) is 0 Å². The number of pyridine rings is 1. The van der Waals surface area contributed by atoms with Crippen molar-refractivity contribution in [1.82, 2.24) is 14.5 Å². The van der Waals surface area contributed by atoms with E-state index in [4.69, 9.17) is 39.5 Å². The lowest BCUT2D eigenvalue weighted by atomic mass is 10.1. The molecule has 0 aliphatic rings. The first-order chi connectivity index (χ1) is 12.1. The lowest BCUT2D eigenvalue weighted by molar-refractivity contribution is 0.0759. The minimum atomic E-state index is -0.237. The minimum Gasteiger partial charge on any atom is -0.361 e. The Kier molecular flexibility index (Phi) is 6.62. The normalized spacial score (nSPS) is 12.3. The summed E-state index contributed by atoms with van der Waals surface area (Å²) < 4.78 is 8.02. The molecule has 0 saturated heterocycles. The highest BCUT2D eigenvalue weighted by molar-refractivity contribution is 7.99. The number of halogens is 3. The lowest BCUT2D eigenvalue weighted by Gasteiger charge is -2.20. The average molecular weight is 415 g/mol. The molecule has 0 N–H and O–H groups in total. The second-order valence-corrected chi connectivity index (χ2v) is 7.38. The Morgan fingerprint density at radius 2 is 1.96 bits per heavy atom. The molecule has 0 saturated carbocycles. The fourth-order valence-electron chi connectivity index (χ4n) is 2.21. The van der Waals surface area contributed by atoms with E-state index < -0.39 is 0 Å². The third-order valence-electron chi connectivity index (χ3n) is 3.42. The first-order valence-electron chi connectivity index (χ1n) is 7.38. The van der Waals surface area contributed by atoms with Crippen LogP contribution < -0.4 is 0 Å². The van der Waals surface area contributed by atoms with Gasteiger partial charge >= 0.3 is 0 Å². The second kappa shape index (κ2) is 8.92. The van der Waals surface area contributed by atoms with Gasteiger partial charge in [-0.1, -0.05) is 52.6 Å². The number of aromatic nitrogens is 3. The van der Waals surface area contributed by atoms with Crippen molar-refractivity contribution in [3.63, 3.8) is 0 Å². The van der Waals surface area contributed by atoms with Gasteiger partial charge in [0.25, 0.3) is 0 Å². The van der Waals surface area contributed by atoms with Gasteiger partial charge < -0.3 is 9.30 Å². The molecule has 0 bridgehead atoms. The Morgan fingerprint density at radius 1 is 1.12 bits per heavy atom. The zero-order chi connectivity index (χ0) is 17.6. The van der Waals surface area contributed by atoms with Crippen LogP contribution in [0.25, 0.3) is 0 Å². The summed E-state index contributed by atoms with van der Waals surface area (Å²) in [6.07, 6.45) is 6.73. The van der Waals surface area contributed by atoms with Crippen molar-refractivity contribution in [2.24, 2.45) is 0 Å². The van der Waals surface area contributed by atoms with Crippen molar-refractivity contribution in [3.8, 4) is 0 Å². The summed E-state index contributed by atoms with van der Waals surface area (Å²) in [7, 11) is 0. The molecule has 0 aliphatic carbocycles. The van der Waals surface area contributed by atoms with E-state index in [-0.39, 0.29) is 6.10 Å². The number of hydrogen-bond donors (Lipinski definition) is 0. The van der Waals surface area contributed by atoms with Crippen LogP contribution in [0, 0.1) is 0 Å². The molecule has 25 heavy (non-hydrogen) atoms. The molecule has 0 radical (unpaired) electrons. The molecule has 0 aliphatic heterocycles. The maximum Gasteiger partial charge on any atom is 0.103 e. The van der Waals surface area contributed by atoms with Gasteiger partial charge in [0.1, 0.15) is 6.10 Å². The minimum absolute atomic E-state index is 0.237. The van der Waals surface area contributed by atoms with Gasteiger partial charge in [-0.3, -0.25) is 0 Å². The summed E-state index contributed by atoms with van der Waals surface area (Å²) in [5.74, 6) is 0.424. The topological polar surface area (TPSA) is 39.9 Å². The summed E-state index contributed by atoms with van der Waals surface area (Å²) >= 11 is 19.7. The summed E-state index contributed by atoms with van der Waals surface area (Å²) in [5, 5.41) is 2.62. The number of rotatable bonds is 7. The highest BCUT2D eigenvalue weighted by atomic mass is 35.5. The Hall–Kier alpha value is -1.24. The maximum atomic E-state index is 6.35. The molecular formula is C17H14Cl3N3OS. The van der Waals surface area contributed by atoms with Gasteiger partial charge in [0.05, 0.1) is 28.9 Å². The zero-order valence-electron chi connectivity index (χ0n) is 13.0. The lowest BCUT2D eigenvalue weighted by Crippen LogP contribution is -2.12. The van der Waals surface area contributed by atoms with E-state index in [2.05, 4.69) is 9.97 Å². The summed E-state index contributed by atoms with van der Waals surface area (Å²) in [5.41, 5.74) is 0.879. The van der Waals surface area contributed by atoms with Crippen LogP contribution in [0.1, 0.15) is 11.7 Å². The summed E-state index contributed by atoms with van der Waals surface area (Å²) in [6.45, 7) is 0.593. The van der Waals surface area contributed by atoms with E-state index in [1.165, 1.54) is 11.8 Å². The number of thioether (sulfide) groups is 1. The van der Waals surface area contributed by atoms with E-state index in [1.807, 2.05) is 22.9 Å². The van der Waals surface area contributed by atoms with Gasteiger partial charge in [0.15, 0.2) is 0 Å². The first-order valence-corrected chi connectivity index (χ1v) is 9.50. The molecule has 2 heterocycles. The van der Waals surface area contributed by atoms with Crippen LogP contribution in [0.5, 0.6) is 0 Å². The van der Waals surface area contributed by atoms with Crippen molar-refractivity contribution in [2.45, 2.75) is 17.7 Å². The van der Waals surface area contributed by atoms with Crippen LogP contribution in [0.15, 0.2) is 60.3 Å². The largest absolute Gasteiger partial charge is 0.361 e. The van der Waals surface area contributed by atoms with E-state index in [0.717, 1.165) is 10.6 Å². The molecule has 3 rings (SSSR count). The van der Waals surface area contributed by atoms with Crippen molar-refractivity contribution >= 4 is 46.6 Å². The van der Waals surface area contributed by atoms with E-state index >= 15 is 0 Å². The standard InChI is InChI=1S/C17H14Cl3N3OS/c18-12-1-3-14(15(20)7-12)16(9-23-6-5-21-10-23)24-11-25-17-4-2-13(19)8-22-17/h1-8,10,16H,9,11H2. The van der Waals surface area contributed by atoms with Crippen molar-refractivity contribution in [3.05, 3.63) is 75.9 Å². The maximum absolute atomic E-state index is 6.35. The number of hydrogen-bond acceptors (Lipinski definition) is 4. The van der Waals surface area contributed by atoms with Gasteiger partial charge in [-0.2, -0.15) is 0 Å². The molecular weight excluding hydrogens is 401 g/mol. The molecule has 0 fully saturated rings. The molecule has 1 atom stereocenters. The van der Waals surface area contributed by atoms with Crippen LogP contribution in [0.4, 0.5) is 0 Å². The Labute approximate surface area is 165 Å². The summed E-state index contributed by atoms with van der Waals surface area (Å²) in [6, 6.07) is 9.07. The highest BCUT2D eigenvalue weighted by Crippen LogP contribution is 2.31. The molecule has 8 heteroatoms. The van der Waals surface area contributed by atoms with Crippen LogP contribution in [-0.2, 0) is 11.3 Å². The van der Waals surface area contributed by atoms with Gasteiger partial charge in [-0.25, -0.2) is 9.97 Å². The Bertz CT molecular complexity index is 813. The van der Waals surface area contributed by atoms with Gasteiger partial charge in [0.2, 0.25) is 0 Å². The fraction of sp³-hybridized carbons (Fsp3) is 0.176. The third kappa shape index (κ3) is 5.36. The van der Waals surface area contributed by atoms with Gasteiger partial charge in [-0.05, 0) is 24.3 Å². The predicted molar refractivity (Wildman–Crippen MR) is 102 cm³/mol. The van der Waals surface area contributed by atoms with Crippen molar-refractivity contribution < 1.29 is 4.74 Å². The molecule has 1 unspecified atom stereocenters. The zero-order valence-corrected chi connectivity index (χ0v) is 16.1. The van der Waals surface area contributed by atoms with Crippen LogP contribution >= 0.6 is 46.6 Å². The first kappa shape index (κ1) is 18.5. The molecule has 130 valence electrons. The predicted octanol–water partition coefficient (Wildman–Crippen LogP) is 5.75. The molecule has 2 aromatic heterocycles. The Morgan fingerprint density at radius 3 is 2.64 bits per heavy atom. The highest BCUT2D eigenvalue weighted by Gasteiger charge is 2.17. The van der Waals surface area contributed by atoms with Crippen LogP contribution in [0.3, 0.4) is 0 Å². The molecule has 1 aromatic carbocycles. The number of ether oxygens (including phenoxy) is 1. The van der Waals surface area contributed by atoms with Crippen molar-refractivity contribution in [1.29, 1.82) is 0 Å². The number of nitrogens with zero attached hydrogens (tertiary/aromatic N) is 3. The van der Waals surface area contributed by atoms with E-state index in [0.29, 0.717) is 27.6 Å². The third-order valence-corrected chi connectivity index (χ3v) is 5.00.